The van der Waals surface area contributed by atoms with Crippen LogP contribution in [0.15, 0.2) is 16.6 Å². The molecule has 0 heterocycles. The number of carbonyl (C=O) groups excluding carboxylic acids is 1. The van der Waals surface area contributed by atoms with E-state index in [1.165, 1.54) is 6.07 Å². The zero-order valence-electron chi connectivity index (χ0n) is 11.1. The number of anilines is 2. The molecule has 4 nitrogen and oxygen atoms in total. The van der Waals surface area contributed by atoms with Gasteiger partial charge in [-0.05, 0) is 31.9 Å². The lowest BCUT2D eigenvalue weighted by molar-refractivity contribution is -0.137. The summed E-state index contributed by atoms with van der Waals surface area (Å²) in [6, 6.07) is 2.18. The molecule has 1 aromatic rings. The Bertz CT molecular complexity index is 580. The minimum absolute atomic E-state index is 0.0896. The predicted octanol–water partition coefficient (Wildman–Crippen LogP) is 3.15. The third kappa shape index (κ3) is 3.49. The molecule has 2 rings (SSSR count). The minimum Gasteiger partial charge on any atom is -0.397 e. The Hall–Kier alpha value is -1.28. The van der Waals surface area contributed by atoms with Crippen molar-refractivity contribution < 1.29 is 23.1 Å². The van der Waals surface area contributed by atoms with E-state index in [9.17, 15) is 23.1 Å². The normalized spacial score (nSPS) is 25.3. The van der Waals surface area contributed by atoms with Crippen LogP contribution < -0.4 is 11.1 Å². The number of hydrogen-bond acceptors (Lipinski definition) is 3. The highest BCUT2D eigenvalue weighted by molar-refractivity contribution is 9.10. The van der Waals surface area contributed by atoms with E-state index in [0.717, 1.165) is 6.07 Å². The first kappa shape index (κ1) is 16.1. The molecule has 0 saturated heterocycles. The monoisotopic (exact) mass is 366 g/mol. The molecule has 0 atom stereocenters. The number of aliphatic hydroxyl groups is 1. The van der Waals surface area contributed by atoms with Gasteiger partial charge in [0.25, 0.3) is 0 Å². The van der Waals surface area contributed by atoms with Crippen LogP contribution in [0.25, 0.3) is 0 Å². The van der Waals surface area contributed by atoms with Crippen molar-refractivity contribution in [3.8, 4) is 0 Å². The third-order valence-electron chi connectivity index (χ3n) is 3.45. The SMILES string of the molecule is CC1(O)CC(C(=O)Nc2cc(Br)cc(C(F)(F)F)c2N)C1. The molecular weight excluding hydrogens is 353 g/mol. The van der Waals surface area contributed by atoms with Gasteiger partial charge in [0.05, 0.1) is 22.5 Å². The summed E-state index contributed by atoms with van der Waals surface area (Å²) in [5.74, 6) is -0.868. The van der Waals surface area contributed by atoms with Gasteiger partial charge in [0.15, 0.2) is 0 Å². The first-order valence-corrected chi connectivity index (χ1v) is 6.98. The van der Waals surface area contributed by atoms with Gasteiger partial charge in [-0.15, -0.1) is 0 Å². The molecule has 1 aliphatic rings. The van der Waals surface area contributed by atoms with E-state index >= 15 is 0 Å². The maximum atomic E-state index is 12.8. The van der Waals surface area contributed by atoms with Crippen LogP contribution in [0.1, 0.15) is 25.3 Å². The van der Waals surface area contributed by atoms with Gasteiger partial charge >= 0.3 is 6.18 Å². The van der Waals surface area contributed by atoms with Crippen LogP contribution in [0.4, 0.5) is 24.5 Å². The Morgan fingerprint density at radius 2 is 2.05 bits per heavy atom. The summed E-state index contributed by atoms with van der Waals surface area (Å²) in [5, 5.41) is 12.0. The number of rotatable bonds is 2. The number of halogens is 4. The van der Waals surface area contributed by atoms with Crippen molar-refractivity contribution in [1.82, 2.24) is 0 Å². The first-order valence-electron chi connectivity index (χ1n) is 6.19. The average Bonchev–Trinajstić information content (AvgIpc) is 2.28. The molecule has 116 valence electrons. The van der Waals surface area contributed by atoms with Gasteiger partial charge in [-0.1, -0.05) is 15.9 Å². The number of nitrogen functional groups attached to an aromatic ring is 1. The van der Waals surface area contributed by atoms with Crippen LogP contribution in [0.5, 0.6) is 0 Å². The second-order valence-electron chi connectivity index (χ2n) is 5.50. The molecule has 0 radical (unpaired) electrons. The molecule has 0 unspecified atom stereocenters. The van der Waals surface area contributed by atoms with Crippen LogP contribution in [-0.2, 0) is 11.0 Å². The van der Waals surface area contributed by atoms with Crippen LogP contribution in [0, 0.1) is 5.92 Å². The van der Waals surface area contributed by atoms with E-state index < -0.39 is 34.9 Å². The summed E-state index contributed by atoms with van der Waals surface area (Å²) < 4.78 is 38.7. The van der Waals surface area contributed by atoms with Crippen molar-refractivity contribution >= 4 is 33.2 Å². The fourth-order valence-corrected chi connectivity index (χ4v) is 2.84. The summed E-state index contributed by atoms with van der Waals surface area (Å²) in [4.78, 5) is 11.9. The lowest BCUT2D eigenvalue weighted by Crippen LogP contribution is -2.46. The number of hydrogen-bond donors (Lipinski definition) is 3. The summed E-state index contributed by atoms with van der Waals surface area (Å²) in [5.41, 5.74) is 2.99. The predicted molar refractivity (Wildman–Crippen MR) is 75.5 cm³/mol. The Kier molecular flexibility index (Phi) is 3.96. The molecule has 1 aromatic carbocycles. The molecule has 21 heavy (non-hydrogen) atoms. The van der Waals surface area contributed by atoms with Crippen molar-refractivity contribution in [1.29, 1.82) is 0 Å². The van der Waals surface area contributed by atoms with Crippen molar-refractivity contribution in [3.05, 3.63) is 22.2 Å². The largest absolute Gasteiger partial charge is 0.418 e. The molecular formula is C13H14BrF3N2O2. The van der Waals surface area contributed by atoms with E-state index in [4.69, 9.17) is 5.73 Å². The fraction of sp³-hybridized carbons (Fsp3) is 0.462. The Balaban J connectivity index is 2.21. The molecule has 4 N–H and O–H groups in total. The number of nitrogens with two attached hydrogens (primary N) is 1. The lowest BCUT2D eigenvalue weighted by Gasteiger charge is -2.39. The Morgan fingerprint density at radius 3 is 2.52 bits per heavy atom. The molecule has 8 heteroatoms. The van der Waals surface area contributed by atoms with E-state index in [1.807, 2.05) is 0 Å². The van der Waals surface area contributed by atoms with Crippen LogP contribution in [0.3, 0.4) is 0 Å². The quantitative estimate of drug-likeness (QED) is 0.703. The zero-order valence-corrected chi connectivity index (χ0v) is 12.7. The minimum atomic E-state index is -4.60. The first-order chi connectivity index (χ1) is 9.49. The van der Waals surface area contributed by atoms with Gasteiger partial charge in [0, 0.05) is 10.4 Å². The van der Waals surface area contributed by atoms with E-state index in [2.05, 4.69) is 21.2 Å². The van der Waals surface area contributed by atoms with Gasteiger partial charge in [0.1, 0.15) is 0 Å². The molecule has 0 aromatic heterocycles. The number of alkyl halides is 3. The van der Waals surface area contributed by atoms with Crippen molar-refractivity contribution in [2.75, 3.05) is 11.1 Å². The van der Waals surface area contributed by atoms with E-state index in [-0.39, 0.29) is 23.0 Å². The highest BCUT2D eigenvalue weighted by atomic mass is 79.9. The molecule has 0 spiro atoms. The molecule has 1 fully saturated rings. The summed E-state index contributed by atoms with van der Waals surface area (Å²) in [7, 11) is 0. The fourth-order valence-electron chi connectivity index (χ4n) is 2.38. The number of carbonyl (C=O) groups is 1. The third-order valence-corrected chi connectivity index (χ3v) is 3.91. The Labute approximate surface area is 127 Å². The average molecular weight is 367 g/mol. The van der Waals surface area contributed by atoms with Gasteiger partial charge in [-0.2, -0.15) is 13.2 Å². The zero-order chi connectivity index (χ0) is 16.0. The van der Waals surface area contributed by atoms with Crippen molar-refractivity contribution in [3.63, 3.8) is 0 Å². The molecule has 0 bridgehead atoms. The maximum absolute atomic E-state index is 12.8. The van der Waals surface area contributed by atoms with Gasteiger partial charge < -0.3 is 16.2 Å². The Morgan fingerprint density at radius 1 is 1.48 bits per heavy atom. The second kappa shape index (κ2) is 5.17. The van der Waals surface area contributed by atoms with Crippen molar-refractivity contribution in [2.24, 2.45) is 5.92 Å². The number of benzene rings is 1. The van der Waals surface area contributed by atoms with Crippen LogP contribution in [-0.4, -0.2) is 16.6 Å². The molecule has 1 aliphatic carbocycles. The topological polar surface area (TPSA) is 75.3 Å². The second-order valence-corrected chi connectivity index (χ2v) is 6.42. The van der Waals surface area contributed by atoms with Gasteiger partial charge in [-0.3, -0.25) is 4.79 Å². The summed E-state index contributed by atoms with van der Waals surface area (Å²) in [6.07, 6.45) is -4.05. The molecule has 1 amide bonds. The summed E-state index contributed by atoms with van der Waals surface area (Å²) >= 11 is 2.97. The van der Waals surface area contributed by atoms with E-state index in [0.29, 0.717) is 0 Å². The summed E-state index contributed by atoms with van der Waals surface area (Å²) in [6.45, 7) is 1.60. The van der Waals surface area contributed by atoms with Crippen LogP contribution >= 0.6 is 15.9 Å². The highest BCUT2D eigenvalue weighted by Crippen LogP contribution is 2.41. The van der Waals surface area contributed by atoms with Gasteiger partial charge in [-0.25, -0.2) is 0 Å². The maximum Gasteiger partial charge on any atom is 0.418 e. The van der Waals surface area contributed by atoms with E-state index in [1.54, 1.807) is 6.92 Å². The smallest absolute Gasteiger partial charge is 0.397 e. The highest BCUT2D eigenvalue weighted by Gasteiger charge is 2.42. The lowest BCUT2D eigenvalue weighted by atomic mass is 9.72. The molecule has 1 saturated carbocycles. The number of amides is 1. The van der Waals surface area contributed by atoms with Gasteiger partial charge in [0.2, 0.25) is 5.91 Å². The van der Waals surface area contributed by atoms with Crippen molar-refractivity contribution in [2.45, 2.75) is 31.5 Å². The standard InChI is InChI=1S/C13H14BrF3N2O2/c1-12(21)4-6(5-12)11(20)19-9-3-7(14)2-8(10(9)18)13(15,16)17/h2-3,6,21H,4-5,18H2,1H3,(H,19,20). The van der Waals surface area contributed by atoms with Crippen LogP contribution in [0.2, 0.25) is 0 Å². The number of nitrogens with one attached hydrogen (secondary N) is 1. The molecule has 0 aliphatic heterocycles.